The molecule has 0 radical (unpaired) electrons. The lowest BCUT2D eigenvalue weighted by molar-refractivity contribution is 0.223. The summed E-state index contributed by atoms with van der Waals surface area (Å²) >= 11 is 7.73. The number of nitrogens with zero attached hydrogens (tertiary/aromatic N) is 2. The SMILES string of the molecule is CCNC(=NCC1CCN(C)CC1)NCCSc1ccc(Cl)cc1.I. The van der Waals surface area contributed by atoms with Gasteiger partial charge in [-0.3, -0.25) is 4.99 Å². The van der Waals surface area contributed by atoms with Crippen molar-refractivity contribution in [2.45, 2.75) is 24.7 Å². The third-order valence-corrected chi connectivity index (χ3v) is 5.43. The van der Waals surface area contributed by atoms with Crippen molar-refractivity contribution in [1.82, 2.24) is 15.5 Å². The average molecular weight is 497 g/mol. The molecular weight excluding hydrogens is 467 g/mol. The number of piperidine rings is 1. The van der Waals surface area contributed by atoms with Crippen LogP contribution in [0.3, 0.4) is 0 Å². The Labute approximate surface area is 178 Å². The van der Waals surface area contributed by atoms with Crippen LogP contribution in [0.25, 0.3) is 0 Å². The Kier molecular flexibility index (Phi) is 11.9. The van der Waals surface area contributed by atoms with Gasteiger partial charge < -0.3 is 15.5 Å². The molecule has 0 aromatic heterocycles. The second kappa shape index (κ2) is 13.1. The molecule has 2 rings (SSSR count). The number of likely N-dealkylation sites (tertiary alicyclic amines) is 1. The van der Waals surface area contributed by atoms with E-state index in [9.17, 15) is 0 Å². The first-order valence-corrected chi connectivity index (χ1v) is 10.1. The molecule has 1 saturated heterocycles. The molecule has 1 aliphatic heterocycles. The first kappa shape index (κ1) is 22.9. The molecule has 1 heterocycles. The fourth-order valence-corrected chi connectivity index (χ4v) is 3.57. The van der Waals surface area contributed by atoms with Gasteiger partial charge in [-0.2, -0.15) is 0 Å². The van der Waals surface area contributed by atoms with Crippen LogP contribution in [0.4, 0.5) is 0 Å². The molecule has 1 aromatic rings. The van der Waals surface area contributed by atoms with Crippen LogP contribution in [0, 0.1) is 5.92 Å². The Hall–Kier alpha value is -0.180. The number of hydrogen-bond donors (Lipinski definition) is 2. The van der Waals surface area contributed by atoms with Gasteiger partial charge in [0, 0.05) is 35.3 Å². The van der Waals surface area contributed by atoms with Crippen LogP contribution < -0.4 is 10.6 Å². The summed E-state index contributed by atoms with van der Waals surface area (Å²) in [5.41, 5.74) is 0. The summed E-state index contributed by atoms with van der Waals surface area (Å²) < 4.78 is 0. The molecule has 0 aliphatic carbocycles. The maximum Gasteiger partial charge on any atom is 0.191 e. The number of nitrogens with one attached hydrogen (secondary N) is 2. The third kappa shape index (κ3) is 9.35. The highest BCUT2D eigenvalue weighted by molar-refractivity contribution is 14.0. The van der Waals surface area contributed by atoms with Crippen molar-refractivity contribution in [3.63, 3.8) is 0 Å². The molecule has 1 aromatic carbocycles. The Morgan fingerprint density at radius 1 is 1.24 bits per heavy atom. The predicted molar refractivity (Wildman–Crippen MR) is 122 cm³/mol. The smallest absolute Gasteiger partial charge is 0.191 e. The zero-order valence-corrected chi connectivity index (χ0v) is 19.0. The fourth-order valence-electron chi connectivity index (χ4n) is 2.68. The summed E-state index contributed by atoms with van der Waals surface area (Å²) in [5.74, 6) is 2.66. The molecular formula is C18H30ClIN4S. The Bertz CT molecular complexity index is 504. The lowest BCUT2D eigenvalue weighted by atomic mass is 9.97. The summed E-state index contributed by atoms with van der Waals surface area (Å²) in [5, 5.41) is 7.56. The summed E-state index contributed by atoms with van der Waals surface area (Å²) in [6.07, 6.45) is 2.51. The number of benzene rings is 1. The molecule has 25 heavy (non-hydrogen) atoms. The highest BCUT2D eigenvalue weighted by Crippen LogP contribution is 2.19. The normalized spacial score (nSPS) is 16.4. The molecule has 2 N–H and O–H groups in total. The van der Waals surface area contributed by atoms with E-state index in [1.165, 1.54) is 30.8 Å². The third-order valence-electron chi connectivity index (χ3n) is 4.17. The van der Waals surface area contributed by atoms with Gasteiger partial charge >= 0.3 is 0 Å². The summed E-state index contributed by atoms with van der Waals surface area (Å²) in [4.78, 5) is 8.41. The minimum Gasteiger partial charge on any atom is -0.357 e. The molecule has 0 saturated carbocycles. The Morgan fingerprint density at radius 2 is 1.92 bits per heavy atom. The minimum atomic E-state index is 0. The number of rotatable bonds is 7. The van der Waals surface area contributed by atoms with E-state index in [1.54, 1.807) is 0 Å². The van der Waals surface area contributed by atoms with E-state index in [0.717, 1.165) is 42.3 Å². The second-order valence-electron chi connectivity index (χ2n) is 6.20. The zero-order chi connectivity index (χ0) is 17.2. The van der Waals surface area contributed by atoms with E-state index in [0.29, 0.717) is 0 Å². The van der Waals surface area contributed by atoms with Crippen LogP contribution in [0.1, 0.15) is 19.8 Å². The van der Waals surface area contributed by atoms with Crippen molar-refractivity contribution in [3.8, 4) is 0 Å². The number of aliphatic imine (C=N–C) groups is 1. The van der Waals surface area contributed by atoms with Gasteiger partial charge in [-0.05, 0) is 70.1 Å². The fraction of sp³-hybridized carbons (Fsp3) is 0.611. The molecule has 4 nitrogen and oxygen atoms in total. The van der Waals surface area contributed by atoms with E-state index in [1.807, 2.05) is 23.9 Å². The van der Waals surface area contributed by atoms with Crippen molar-refractivity contribution in [2.75, 3.05) is 45.5 Å². The topological polar surface area (TPSA) is 39.7 Å². The second-order valence-corrected chi connectivity index (χ2v) is 7.80. The van der Waals surface area contributed by atoms with Gasteiger partial charge in [0.05, 0.1) is 0 Å². The number of halogens is 2. The summed E-state index contributed by atoms with van der Waals surface area (Å²) in [6.45, 7) is 7.21. The van der Waals surface area contributed by atoms with Crippen molar-refractivity contribution < 1.29 is 0 Å². The van der Waals surface area contributed by atoms with Crippen LogP contribution in [-0.4, -0.2) is 56.4 Å². The minimum absolute atomic E-state index is 0. The standard InChI is InChI=1S/C18H29ClN4S.HI/c1-3-20-18(22-14-15-8-11-23(2)12-9-15)21-10-13-24-17-6-4-16(19)5-7-17;/h4-7,15H,3,8-14H2,1-2H3,(H2,20,21,22);1H. The number of thioether (sulfide) groups is 1. The van der Waals surface area contributed by atoms with Crippen LogP contribution in [0.2, 0.25) is 5.02 Å². The molecule has 1 aliphatic rings. The highest BCUT2D eigenvalue weighted by Gasteiger charge is 2.16. The predicted octanol–water partition coefficient (Wildman–Crippen LogP) is 3.95. The molecule has 1 fully saturated rings. The molecule has 142 valence electrons. The van der Waals surface area contributed by atoms with E-state index >= 15 is 0 Å². The van der Waals surface area contributed by atoms with Gasteiger partial charge in [0.2, 0.25) is 0 Å². The monoisotopic (exact) mass is 496 g/mol. The number of guanidine groups is 1. The molecule has 0 atom stereocenters. The van der Waals surface area contributed by atoms with Gasteiger partial charge in [0.15, 0.2) is 5.96 Å². The van der Waals surface area contributed by atoms with Crippen molar-refractivity contribution in [1.29, 1.82) is 0 Å². The molecule has 7 heteroatoms. The van der Waals surface area contributed by atoms with Crippen molar-refractivity contribution in [3.05, 3.63) is 29.3 Å². The van der Waals surface area contributed by atoms with Crippen LogP contribution in [-0.2, 0) is 0 Å². The lowest BCUT2D eigenvalue weighted by Gasteiger charge is -2.28. The Balaban J connectivity index is 0.00000312. The van der Waals surface area contributed by atoms with Crippen LogP contribution in [0.15, 0.2) is 34.2 Å². The summed E-state index contributed by atoms with van der Waals surface area (Å²) in [6, 6.07) is 7.99. The largest absolute Gasteiger partial charge is 0.357 e. The van der Waals surface area contributed by atoms with Gasteiger partial charge in [-0.1, -0.05) is 11.6 Å². The van der Waals surface area contributed by atoms with Gasteiger partial charge in [-0.15, -0.1) is 35.7 Å². The van der Waals surface area contributed by atoms with Gasteiger partial charge in [-0.25, -0.2) is 0 Å². The number of hydrogen-bond acceptors (Lipinski definition) is 3. The van der Waals surface area contributed by atoms with E-state index < -0.39 is 0 Å². The van der Waals surface area contributed by atoms with Crippen molar-refractivity contribution >= 4 is 53.3 Å². The van der Waals surface area contributed by atoms with Crippen molar-refractivity contribution in [2.24, 2.45) is 10.9 Å². The molecule has 0 unspecified atom stereocenters. The summed E-state index contributed by atoms with van der Waals surface area (Å²) in [7, 11) is 2.20. The van der Waals surface area contributed by atoms with Gasteiger partial charge in [0.1, 0.15) is 0 Å². The van der Waals surface area contributed by atoms with E-state index in [4.69, 9.17) is 16.6 Å². The quantitative estimate of drug-likeness (QED) is 0.197. The molecule has 0 amide bonds. The maximum atomic E-state index is 5.91. The first-order valence-electron chi connectivity index (χ1n) is 8.76. The van der Waals surface area contributed by atoms with E-state index in [2.05, 4.69) is 41.6 Å². The molecule has 0 spiro atoms. The van der Waals surface area contributed by atoms with Gasteiger partial charge in [0.25, 0.3) is 0 Å². The zero-order valence-electron chi connectivity index (χ0n) is 15.1. The average Bonchev–Trinajstić information content (AvgIpc) is 2.59. The maximum absolute atomic E-state index is 5.91. The van der Waals surface area contributed by atoms with Crippen LogP contribution in [0.5, 0.6) is 0 Å². The Morgan fingerprint density at radius 3 is 2.56 bits per heavy atom. The highest BCUT2D eigenvalue weighted by atomic mass is 127. The van der Waals surface area contributed by atoms with E-state index in [-0.39, 0.29) is 24.0 Å². The molecule has 0 bridgehead atoms. The first-order chi connectivity index (χ1) is 11.7. The van der Waals surface area contributed by atoms with Crippen LogP contribution >= 0.6 is 47.3 Å². The lowest BCUT2D eigenvalue weighted by Crippen LogP contribution is -2.39.